The first-order valence-corrected chi connectivity index (χ1v) is 7.49. The Kier molecular flexibility index (Phi) is 3.24. The molecule has 0 bridgehead atoms. The van der Waals surface area contributed by atoms with E-state index < -0.39 is 0 Å². The van der Waals surface area contributed by atoms with Crippen LogP contribution in [0.4, 0.5) is 0 Å². The van der Waals surface area contributed by atoms with Gasteiger partial charge in [-0.1, -0.05) is 84.9 Å². The van der Waals surface area contributed by atoms with Crippen LogP contribution in [0.1, 0.15) is 28.4 Å². The van der Waals surface area contributed by atoms with Gasteiger partial charge in [0.05, 0.1) is 0 Å². The van der Waals surface area contributed by atoms with Crippen LogP contribution in [-0.2, 0) is 4.74 Å². The number of benzene rings is 3. The van der Waals surface area contributed by atoms with Crippen molar-refractivity contribution in [1.82, 2.24) is 0 Å². The summed E-state index contributed by atoms with van der Waals surface area (Å²) in [6.07, 6.45) is 2.07. The van der Waals surface area contributed by atoms with Gasteiger partial charge in [0, 0.05) is 11.1 Å². The lowest BCUT2D eigenvalue weighted by atomic mass is 9.93. The van der Waals surface area contributed by atoms with Gasteiger partial charge in [-0.3, -0.25) is 0 Å². The van der Waals surface area contributed by atoms with Crippen LogP contribution < -0.4 is 0 Å². The summed E-state index contributed by atoms with van der Waals surface area (Å²) < 4.78 is 6.35. The normalized spacial score (nSPS) is 16.4. The predicted octanol–water partition coefficient (Wildman–Crippen LogP) is 5.30. The van der Waals surface area contributed by atoms with Gasteiger partial charge in [-0.15, -0.1) is 0 Å². The molecule has 3 aromatic carbocycles. The Morgan fingerprint density at radius 1 is 0.636 bits per heavy atom. The molecule has 1 aliphatic rings. The molecule has 0 N–H and O–H groups in total. The molecule has 1 nitrogen and oxygen atoms in total. The van der Waals surface area contributed by atoms with E-state index in [0.717, 1.165) is 11.3 Å². The van der Waals surface area contributed by atoms with Crippen molar-refractivity contribution in [2.75, 3.05) is 0 Å². The molecule has 0 spiro atoms. The molecular formula is C21H16O. The highest BCUT2D eigenvalue weighted by Gasteiger charge is 2.24. The zero-order valence-corrected chi connectivity index (χ0v) is 12.1. The Bertz CT molecular complexity index is 804. The standard InChI is InChI=1S/C21H16O/c1-3-9-16(10-4-1)20-15-18-13-7-8-14-19(18)21(22-20)17-11-5-2-6-12-17/h1-15,21H/t21-/m0/s1. The van der Waals surface area contributed by atoms with Crippen molar-refractivity contribution in [3.05, 3.63) is 107 Å². The Morgan fingerprint density at radius 3 is 2.05 bits per heavy atom. The second-order valence-electron chi connectivity index (χ2n) is 5.41. The maximum Gasteiger partial charge on any atom is 0.149 e. The predicted molar refractivity (Wildman–Crippen MR) is 90.1 cm³/mol. The lowest BCUT2D eigenvalue weighted by Gasteiger charge is -2.27. The minimum Gasteiger partial charge on any atom is -0.480 e. The molecule has 1 atom stereocenters. The second kappa shape index (κ2) is 5.53. The van der Waals surface area contributed by atoms with E-state index in [-0.39, 0.29) is 6.10 Å². The zero-order valence-electron chi connectivity index (χ0n) is 12.1. The molecule has 0 fully saturated rings. The quantitative estimate of drug-likeness (QED) is 0.620. The van der Waals surface area contributed by atoms with Crippen LogP contribution in [-0.4, -0.2) is 0 Å². The minimum absolute atomic E-state index is 0.0578. The summed E-state index contributed by atoms with van der Waals surface area (Å²) >= 11 is 0. The molecule has 0 amide bonds. The van der Waals surface area contributed by atoms with Crippen LogP contribution >= 0.6 is 0 Å². The van der Waals surface area contributed by atoms with Crippen LogP contribution in [0.2, 0.25) is 0 Å². The Hall–Kier alpha value is -2.80. The van der Waals surface area contributed by atoms with Crippen molar-refractivity contribution in [2.24, 2.45) is 0 Å². The largest absolute Gasteiger partial charge is 0.480 e. The van der Waals surface area contributed by atoms with Gasteiger partial charge in [-0.25, -0.2) is 0 Å². The third-order valence-electron chi connectivity index (χ3n) is 3.97. The van der Waals surface area contributed by atoms with Crippen molar-refractivity contribution < 1.29 is 4.74 Å². The van der Waals surface area contributed by atoms with E-state index in [4.69, 9.17) is 4.74 Å². The van der Waals surface area contributed by atoms with E-state index in [1.165, 1.54) is 16.7 Å². The SMILES string of the molecule is C1=C(c2ccccc2)O[C@@H](c2ccccc2)c2ccccc21. The summed E-state index contributed by atoms with van der Waals surface area (Å²) in [6.45, 7) is 0. The smallest absolute Gasteiger partial charge is 0.149 e. The fourth-order valence-electron chi connectivity index (χ4n) is 2.88. The molecule has 106 valence electrons. The summed E-state index contributed by atoms with van der Waals surface area (Å²) in [6, 6.07) is 29.1. The van der Waals surface area contributed by atoms with Gasteiger partial charge in [-0.2, -0.15) is 0 Å². The van der Waals surface area contributed by atoms with Gasteiger partial charge >= 0.3 is 0 Å². The lowest BCUT2D eigenvalue weighted by molar-refractivity contribution is 0.206. The number of ether oxygens (including phenoxy) is 1. The minimum atomic E-state index is -0.0578. The van der Waals surface area contributed by atoms with E-state index in [1.807, 2.05) is 24.3 Å². The summed E-state index contributed by atoms with van der Waals surface area (Å²) in [7, 11) is 0. The Labute approximate surface area is 130 Å². The van der Waals surface area contributed by atoms with Crippen molar-refractivity contribution in [1.29, 1.82) is 0 Å². The highest BCUT2D eigenvalue weighted by molar-refractivity contribution is 5.80. The van der Waals surface area contributed by atoms with Crippen molar-refractivity contribution in [3.8, 4) is 0 Å². The monoisotopic (exact) mass is 284 g/mol. The fourth-order valence-corrected chi connectivity index (χ4v) is 2.88. The first-order chi connectivity index (χ1) is 10.9. The average Bonchev–Trinajstić information content (AvgIpc) is 2.62. The highest BCUT2D eigenvalue weighted by Crippen LogP contribution is 2.39. The fraction of sp³-hybridized carbons (Fsp3) is 0.0476. The molecule has 0 aromatic heterocycles. The number of hydrogen-bond acceptors (Lipinski definition) is 1. The second-order valence-corrected chi connectivity index (χ2v) is 5.41. The molecule has 0 radical (unpaired) electrons. The molecule has 1 aliphatic heterocycles. The summed E-state index contributed by atoms with van der Waals surface area (Å²) in [5, 5.41) is 0. The van der Waals surface area contributed by atoms with Gasteiger partial charge in [0.1, 0.15) is 11.9 Å². The van der Waals surface area contributed by atoms with Crippen molar-refractivity contribution >= 4 is 11.8 Å². The van der Waals surface area contributed by atoms with Crippen LogP contribution in [0, 0.1) is 0 Å². The number of fused-ring (bicyclic) bond motifs is 1. The molecule has 0 unspecified atom stereocenters. The zero-order chi connectivity index (χ0) is 14.8. The van der Waals surface area contributed by atoms with Gasteiger partial charge in [0.2, 0.25) is 0 Å². The average molecular weight is 284 g/mol. The third-order valence-corrected chi connectivity index (χ3v) is 3.97. The summed E-state index contributed by atoms with van der Waals surface area (Å²) in [4.78, 5) is 0. The molecule has 0 aliphatic carbocycles. The lowest BCUT2D eigenvalue weighted by Crippen LogP contribution is -2.11. The van der Waals surface area contributed by atoms with Gasteiger partial charge < -0.3 is 4.74 Å². The molecule has 1 heterocycles. The first kappa shape index (κ1) is 12.9. The van der Waals surface area contributed by atoms with E-state index in [1.54, 1.807) is 0 Å². The van der Waals surface area contributed by atoms with Crippen molar-refractivity contribution in [2.45, 2.75) is 6.10 Å². The topological polar surface area (TPSA) is 9.23 Å². The van der Waals surface area contributed by atoms with Gasteiger partial charge in [0.15, 0.2) is 0 Å². The molecule has 4 rings (SSSR count). The van der Waals surface area contributed by atoms with Crippen LogP contribution in [0.15, 0.2) is 84.9 Å². The maximum atomic E-state index is 6.35. The summed E-state index contributed by atoms with van der Waals surface area (Å²) in [5.41, 5.74) is 4.73. The molecule has 0 saturated carbocycles. The molecule has 22 heavy (non-hydrogen) atoms. The van der Waals surface area contributed by atoms with Gasteiger partial charge in [-0.05, 0) is 17.2 Å². The van der Waals surface area contributed by atoms with Gasteiger partial charge in [0.25, 0.3) is 0 Å². The highest BCUT2D eigenvalue weighted by atomic mass is 16.5. The molecule has 1 heteroatoms. The Balaban J connectivity index is 1.84. The molecule has 0 saturated heterocycles. The van der Waals surface area contributed by atoms with Crippen LogP contribution in [0.25, 0.3) is 11.8 Å². The third kappa shape index (κ3) is 2.31. The molecule has 3 aromatic rings. The maximum absolute atomic E-state index is 6.35. The number of rotatable bonds is 2. The van der Waals surface area contributed by atoms with Crippen LogP contribution in [0.5, 0.6) is 0 Å². The van der Waals surface area contributed by atoms with E-state index in [9.17, 15) is 0 Å². The first-order valence-electron chi connectivity index (χ1n) is 7.49. The molecular weight excluding hydrogens is 268 g/mol. The van der Waals surface area contributed by atoms with E-state index >= 15 is 0 Å². The Morgan fingerprint density at radius 2 is 1.27 bits per heavy atom. The van der Waals surface area contributed by atoms with E-state index in [2.05, 4.69) is 66.7 Å². The van der Waals surface area contributed by atoms with Crippen LogP contribution in [0.3, 0.4) is 0 Å². The summed E-state index contributed by atoms with van der Waals surface area (Å²) in [5.74, 6) is 0.924. The van der Waals surface area contributed by atoms with Crippen molar-refractivity contribution in [3.63, 3.8) is 0 Å². The van der Waals surface area contributed by atoms with E-state index in [0.29, 0.717) is 0 Å². The number of hydrogen-bond donors (Lipinski definition) is 0.